The van der Waals surface area contributed by atoms with E-state index in [2.05, 4.69) is 0 Å². The molecule has 1 fully saturated rings. The largest absolute Gasteiger partial charge is 0.390 e. The molecule has 1 aromatic rings. The molecule has 4 atom stereocenters. The molecule has 5 heteroatoms. The van der Waals surface area contributed by atoms with Gasteiger partial charge >= 0.3 is 0 Å². The van der Waals surface area contributed by atoms with E-state index < -0.39 is 18.5 Å². The fourth-order valence-electron chi connectivity index (χ4n) is 2.10. The van der Waals surface area contributed by atoms with E-state index in [9.17, 15) is 10.2 Å². The second-order valence-electron chi connectivity index (χ2n) is 4.66. The fourth-order valence-corrected chi connectivity index (χ4v) is 2.10. The molecule has 0 aromatic heterocycles. The predicted molar refractivity (Wildman–Crippen MR) is 68.4 cm³/mol. The molecule has 1 aliphatic heterocycles. The van der Waals surface area contributed by atoms with Crippen LogP contribution in [0.25, 0.3) is 0 Å². The molecule has 0 spiro atoms. The highest BCUT2D eigenvalue weighted by atomic mass is 16.7. The quantitative estimate of drug-likeness (QED) is 0.822. The lowest BCUT2D eigenvalue weighted by Gasteiger charge is -2.36. The van der Waals surface area contributed by atoms with Crippen molar-refractivity contribution in [2.45, 2.75) is 37.6 Å². The Morgan fingerprint density at radius 2 is 2.00 bits per heavy atom. The summed E-state index contributed by atoms with van der Waals surface area (Å²) in [6.07, 6.45) is -2.57. The van der Waals surface area contributed by atoms with E-state index in [1.54, 1.807) is 0 Å². The van der Waals surface area contributed by atoms with Gasteiger partial charge in [-0.15, -0.1) is 0 Å². The third-order valence-corrected chi connectivity index (χ3v) is 3.15. The average Bonchev–Trinajstić information content (AvgIpc) is 2.43. The number of aliphatic hydroxyl groups excluding tert-OH is 2. The monoisotopic (exact) mass is 268 g/mol. The molecule has 1 aliphatic rings. The van der Waals surface area contributed by atoms with Crippen molar-refractivity contribution >= 4 is 0 Å². The van der Waals surface area contributed by atoms with Crippen molar-refractivity contribution in [2.24, 2.45) is 0 Å². The summed E-state index contributed by atoms with van der Waals surface area (Å²) >= 11 is 0. The molecule has 1 saturated heterocycles. The molecule has 0 radical (unpaired) electrons. The Morgan fingerprint density at radius 3 is 2.68 bits per heavy atom. The summed E-state index contributed by atoms with van der Waals surface area (Å²) < 4.78 is 16.0. The Bertz CT molecular complexity index is 369. The van der Waals surface area contributed by atoms with E-state index in [1.165, 1.54) is 7.11 Å². The van der Waals surface area contributed by atoms with Gasteiger partial charge in [0.05, 0.1) is 25.4 Å². The van der Waals surface area contributed by atoms with Crippen molar-refractivity contribution in [3.05, 3.63) is 35.9 Å². The SMILES string of the molecule is CO[C@@H]1O[C@@H](COCc2ccccc2)C[C@@H](O)[C@@H]1O. The minimum absolute atomic E-state index is 0.271. The third kappa shape index (κ3) is 3.99. The van der Waals surface area contributed by atoms with Gasteiger partial charge in [-0.05, 0) is 5.56 Å². The number of hydrogen-bond acceptors (Lipinski definition) is 5. The van der Waals surface area contributed by atoms with Gasteiger partial charge in [-0.25, -0.2) is 0 Å². The first kappa shape index (κ1) is 14.4. The molecular weight excluding hydrogens is 248 g/mol. The summed E-state index contributed by atoms with van der Waals surface area (Å²) in [5.41, 5.74) is 1.09. The normalized spacial score (nSPS) is 31.3. The molecule has 5 nitrogen and oxygen atoms in total. The molecule has 0 unspecified atom stereocenters. The van der Waals surface area contributed by atoms with E-state index in [0.29, 0.717) is 19.6 Å². The van der Waals surface area contributed by atoms with Crippen molar-refractivity contribution < 1.29 is 24.4 Å². The lowest BCUT2D eigenvalue weighted by molar-refractivity contribution is -0.264. The summed E-state index contributed by atoms with van der Waals surface area (Å²) in [4.78, 5) is 0. The Hall–Kier alpha value is -0.980. The van der Waals surface area contributed by atoms with Crippen LogP contribution in [0.2, 0.25) is 0 Å². The van der Waals surface area contributed by atoms with E-state index in [-0.39, 0.29) is 6.10 Å². The predicted octanol–water partition coefficient (Wildman–Crippen LogP) is 0.686. The second-order valence-corrected chi connectivity index (χ2v) is 4.66. The van der Waals surface area contributed by atoms with Crippen LogP contribution in [0.15, 0.2) is 30.3 Å². The topological polar surface area (TPSA) is 68.2 Å². The number of benzene rings is 1. The van der Waals surface area contributed by atoms with Gasteiger partial charge in [0.25, 0.3) is 0 Å². The van der Waals surface area contributed by atoms with Crippen molar-refractivity contribution in [1.29, 1.82) is 0 Å². The van der Waals surface area contributed by atoms with Gasteiger partial charge in [0.2, 0.25) is 0 Å². The highest BCUT2D eigenvalue weighted by Crippen LogP contribution is 2.21. The molecular formula is C14H20O5. The molecule has 106 valence electrons. The molecule has 19 heavy (non-hydrogen) atoms. The van der Waals surface area contributed by atoms with E-state index in [1.807, 2.05) is 30.3 Å². The van der Waals surface area contributed by atoms with Crippen molar-refractivity contribution in [3.63, 3.8) is 0 Å². The van der Waals surface area contributed by atoms with Gasteiger partial charge in [0.15, 0.2) is 6.29 Å². The zero-order valence-corrected chi connectivity index (χ0v) is 10.9. The molecule has 1 heterocycles. The van der Waals surface area contributed by atoms with E-state index >= 15 is 0 Å². The van der Waals surface area contributed by atoms with Gasteiger partial charge < -0.3 is 24.4 Å². The molecule has 0 bridgehead atoms. The fraction of sp³-hybridized carbons (Fsp3) is 0.571. The second kappa shape index (κ2) is 6.98. The van der Waals surface area contributed by atoms with Crippen LogP contribution in [0, 0.1) is 0 Å². The smallest absolute Gasteiger partial charge is 0.186 e. The average molecular weight is 268 g/mol. The summed E-state index contributed by atoms with van der Waals surface area (Å²) in [5.74, 6) is 0. The number of hydrogen-bond donors (Lipinski definition) is 2. The first-order valence-electron chi connectivity index (χ1n) is 6.36. The molecule has 1 aromatic carbocycles. The van der Waals surface area contributed by atoms with Crippen LogP contribution in [0.3, 0.4) is 0 Å². The maximum absolute atomic E-state index is 9.70. The molecule has 0 amide bonds. The van der Waals surface area contributed by atoms with Gasteiger partial charge in [-0.2, -0.15) is 0 Å². The number of rotatable bonds is 5. The van der Waals surface area contributed by atoms with Crippen LogP contribution < -0.4 is 0 Å². The highest BCUT2D eigenvalue weighted by molar-refractivity contribution is 5.13. The van der Waals surface area contributed by atoms with Gasteiger partial charge in [0, 0.05) is 13.5 Å². The summed E-state index contributed by atoms with van der Waals surface area (Å²) in [7, 11) is 1.44. The Balaban J connectivity index is 1.77. The molecule has 2 rings (SSSR count). The molecule has 2 N–H and O–H groups in total. The molecule has 0 aliphatic carbocycles. The lowest BCUT2D eigenvalue weighted by Crippen LogP contribution is -2.50. The summed E-state index contributed by atoms with van der Waals surface area (Å²) in [6, 6.07) is 9.83. The Kier molecular flexibility index (Phi) is 5.30. The van der Waals surface area contributed by atoms with Crippen molar-refractivity contribution in [1.82, 2.24) is 0 Å². The lowest BCUT2D eigenvalue weighted by atomic mass is 10.0. The highest BCUT2D eigenvalue weighted by Gasteiger charge is 2.36. The van der Waals surface area contributed by atoms with Crippen molar-refractivity contribution in [3.8, 4) is 0 Å². The van der Waals surface area contributed by atoms with E-state index in [0.717, 1.165) is 5.56 Å². The summed E-state index contributed by atoms with van der Waals surface area (Å²) in [6.45, 7) is 0.857. The summed E-state index contributed by atoms with van der Waals surface area (Å²) in [5, 5.41) is 19.3. The molecule has 0 saturated carbocycles. The van der Waals surface area contributed by atoms with E-state index in [4.69, 9.17) is 14.2 Å². The number of methoxy groups -OCH3 is 1. The first-order valence-corrected chi connectivity index (χ1v) is 6.36. The first-order chi connectivity index (χ1) is 9.20. The Morgan fingerprint density at radius 1 is 1.26 bits per heavy atom. The van der Waals surface area contributed by atoms with Gasteiger partial charge in [-0.3, -0.25) is 0 Å². The minimum atomic E-state index is -1.00. The van der Waals surface area contributed by atoms with Crippen molar-refractivity contribution in [2.75, 3.05) is 13.7 Å². The van der Waals surface area contributed by atoms with Crippen LogP contribution in [0.1, 0.15) is 12.0 Å². The Labute approximate surface area is 112 Å². The standard InChI is InChI=1S/C14H20O5/c1-17-14-13(16)12(15)7-11(19-14)9-18-8-10-5-3-2-4-6-10/h2-6,11-16H,7-9H2,1H3/t11-,12-,13+,14-/m1/s1. The van der Waals surface area contributed by atoms with Gasteiger partial charge in [0.1, 0.15) is 6.10 Å². The minimum Gasteiger partial charge on any atom is -0.390 e. The van der Waals surface area contributed by atoms with Gasteiger partial charge in [-0.1, -0.05) is 30.3 Å². The maximum atomic E-state index is 9.70. The number of ether oxygens (including phenoxy) is 3. The zero-order valence-electron chi connectivity index (χ0n) is 10.9. The van der Waals surface area contributed by atoms with Crippen LogP contribution >= 0.6 is 0 Å². The number of aliphatic hydroxyl groups is 2. The van der Waals surface area contributed by atoms with Crippen LogP contribution in [-0.2, 0) is 20.8 Å². The zero-order chi connectivity index (χ0) is 13.7. The maximum Gasteiger partial charge on any atom is 0.186 e. The third-order valence-electron chi connectivity index (χ3n) is 3.15. The van der Waals surface area contributed by atoms with Crippen LogP contribution in [0.5, 0.6) is 0 Å². The van der Waals surface area contributed by atoms with Crippen LogP contribution in [-0.4, -0.2) is 48.5 Å². The van der Waals surface area contributed by atoms with Crippen LogP contribution in [0.4, 0.5) is 0 Å².